The van der Waals surface area contributed by atoms with Gasteiger partial charge in [0.05, 0.1) is 0 Å². The minimum absolute atomic E-state index is 0.0924. The van der Waals surface area contributed by atoms with E-state index in [1.807, 2.05) is 13.8 Å². The molecule has 0 bridgehead atoms. The topological polar surface area (TPSA) is 61.6 Å². The fourth-order valence-electron chi connectivity index (χ4n) is 2.94. The smallest absolute Gasteiger partial charge is 0.221 e. The van der Waals surface area contributed by atoms with E-state index >= 15 is 0 Å². The molecule has 3 N–H and O–H groups in total. The Hall–Kier alpha value is -0.650. The third-order valence-corrected chi connectivity index (χ3v) is 4.54. The molecular weight excluding hydrogens is 252 g/mol. The van der Waals surface area contributed by atoms with Crippen LogP contribution >= 0.6 is 0 Å². The summed E-state index contributed by atoms with van der Waals surface area (Å²) in [6.45, 7) is 5.46. The number of nitrogens with zero attached hydrogens (tertiary/aromatic N) is 2. The lowest BCUT2D eigenvalue weighted by Crippen LogP contribution is -2.59. The van der Waals surface area contributed by atoms with Crippen molar-refractivity contribution in [1.29, 1.82) is 0 Å². The fourth-order valence-corrected chi connectivity index (χ4v) is 2.94. The van der Waals surface area contributed by atoms with Crippen LogP contribution in [0.4, 0.5) is 0 Å². The van der Waals surface area contributed by atoms with E-state index in [4.69, 9.17) is 5.73 Å². The highest BCUT2D eigenvalue weighted by molar-refractivity contribution is 5.76. The molecule has 0 aliphatic heterocycles. The SMILES string of the molecule is CC(C)NC(=O)CC(CN)N(C)CC1(N(C)C)CCC1. The number of nitrogens with one attached hydrogen (secondary N) is 1. The Morgan fingerprint density at radius 1 is 1.30 bits per heavy atom. The first kappa shape index (κ1) is 17.4. The molecule has 0 aromatic carbocycles. The molecule has 1 amide bonds. The monoisotopic (exact) mass is 284 g/mol. The number of carbonyl (C=O) groups is 1. The van der Waals surface area contributed by atoms with Gasteiger partial charge in [0, 0.05) is 37.1 Å². The van der Waals surface area contributed by atoms with Gasteiger partial charge in [-0.25, -0.2) is 0 Å². The van der Waals surface area contributed by atoms with E-state index in [2.05, 4.69) is 36.3 Å². The molecule has 1 rings (SSSR count). The van der Waals surface area contributed by atoms with Crippen LogP contribution in [0.25, 0.3) is 0 Å². The minimum atomic E-state index is 0.0924. The van der Waals surface area contributed by atoms with Crippen LogP contribution < -0.4 is 11.1 Å². The average molecular weight is 284 g/mol. The Morgan fingerprint density at radius 3 is 2.25 bits per heavy atom. The molecule has 1 atom stereocenters. The van der Waals surface area contributed by atoms with Crippen LogP contribution in [0.2, 0.25) is 0 Å². The van der Waals surface area contributed by atoms with Gasteiger partial charge in [-0.2, -0.15) is 0 Å². The Labute approximate surface area is 123 Å². The first-order valence-corrected chi connectivity index (χ1v) is 7.68. The number of hydrogen-bond acceptors (Lipinski definition) is 4. The zero-order valence-electron chi connectivity index (χ0n) is 13.8. The summed E-state index contributed by atoms with van der Waals surface area (Å²) in [7, 11) is 6.38. The van der Waals surface area contributed by atoms with E-state index in [1.54, 1.807) is 0 Å². The summed E-state index contributed by atoms with van der Waals surface area (Å²) >= 11 is 0. The second-order valence-electron chi connectivity index (χ2n) is 6.70. The molecule has 1 saturated carbocycles. The molecule has 0 radical (unpaired) electrons. The molecule has 5 heteroatoms. The second kappa shape index (κ2) is 7.38. The Bertz CT molecular complexity index is 313. The molecule has 0 saturated heterocycles. The maximum atomic E-state index is 11.9. The lowest BCUT2D eigenvalue weighted by molar-refractivity contribution is -0.123. The van der Waals surface area contributed by atoms with E-state index in [9.17, 15) is 4.79 Å². The highest BCUT2D eigenvalue weighted by Gasteiger charge is 2.40. The maximum Gasteiger partial charge on any atom is 0.221 e. The zero-order valence-corrected chi connectivity index (χ0v) is 13.8. The molecule has 1 unspecified atom stereocenters. The fraction of sp³-hybridized carbons (Fsp3) is 0.933. The van der Waals surface area contributed by atoms with Crippen LogP contribution in [-0.4, -0.2) is 67.6 Å². The molecule has 118 valence electrons. The third-order valence-electron chi connectivity index (χ3n) is 4.54. The summed E-state index contributed by atoms with van der Waals surface area (Å²) < 4.78 is 0. The number of hydrogen-bond donors (Lipinski definition) is 2. The molecule has 0 aromatic rings. The van der Waals surface area contributed by atoms with Gasteiger partial charge in [-0.15, -0.1) is 0 Å². The van der Waals surface area contributed by atoms with E-state index < -0.39 is 0 Å². The van der Waals surface area contributed by atoms with Crippen LogP contribution in [0, 0.1) is 0 Å². The molecular formula is C15H32N4O. The number of carbonyl (C=O) groups excluding carboxylic acids is 1. The van der Waals surface area contributed by atoms with Gasteiger partial charge < -0.3 is 16.0 Å². The van der Waals surface area contributed by atoms with Crippen LogP contribution in [0.5, 0.6) is 0 Å². The molecule has 1 aliphatic carbocycles. The second-order valence-corrected chi connectivity index (χ2v) is 6.70. The first-order chi connectivity index (χ1) is 9.30. The molecule has 0 heterocycles. The number of likely N-dealkylation sites (N-methyl/N-ethyl adjacent to an activating group) is 2. The van der Waals surface area contributed by atoms with Gasteiger partial charge >= 0.3 is 0 Å². The van der Waals surface area contributed by atoms with E-state index in [0.717, 1.165) is 6.54 Å². The predicted octanol–water partition coefficient (Wildman–Crippen LogP) is 0.645. The lowest BCUT2D eigenvalue weighted by Gasteiger charge is -2.50. The van der Waals surface area contributed by atoms with Gasteiger partial charge in [0.15, 0.2) is 0 Å². The highest BCUT2D eigenvalue weighted by atomic mass is 16.1. The predicted molar refractivity (Wildman–Crippen MR) is 83.6 cm³/mol. The summed E-state index contributed by atoms with van der Waals surface area (Å²) in [5.41, 5.74) is 6.15. The number of nitrogens with two attached hydrogens (primary N) is 1. The van der Waals surface area contributed by atoms with E-state index in [1.165, 1.54) is 19.3 Å². The zero-order chi connectivity index (χ0) is 15.3. The Kier molecular flexibility index (Phi) is 6.43. The molecule has 1 fully saturated rings. The largest absolute Gasteiger partial charge is 0.354 e. The molecule has 0 aromatic heterocycles. The number of rotatable bonds is 8. The van der Waals surface area contributed by atoms with Crippen LogP contribution in [0.1, 0.15) is 39.5 Å². The van der Waals surface area contributed by atoms with Crippen molar-refractivity contribution < 1.29 is 4.79 Å². The average Bonchev–Trinajstić information content (AvgIpc) is 2.28. The molecule has 0 spiro atoms. The van der Waals surface area contributed by atoms with Crippen molar-refractivity contribution in [2.75, 3.05) is 34.2 Å². The van der Waals surface area contributed by atoms with Crippen molar-refractivity contribution in [3.05, 3.63) is 0 Å². The van der Waals surface area contributed by atoms with Crippen molar-refractivity contribution >= 4 is 5.91 Å². The normalized spacial score (nSPS) is 19.2. The summed E-state index contributed by atoms with van der Waals surface area (Å²) in [5.74, 6) is 0.0924. The van der Waals surface area contributed by atoms with Gasteiger partial charge in [0.25, 0.3) is 0 Å². The van der Waals surface area contributed by atoms with Crippen LogP contribution in [-0.2, 0) is 4.79 Å². The molecule has 5 nitrogen and oxygen atoms in total. The van der Waals surface area contributed by atoms with Crippen LogP contribution in [0.15, 0.2) is 0 Å². The van der Waals surface area contributed by atoms with Crippen molar-refractivity contribution in [3.63, 3.8) is 0 Å². The van der Waals surface area contributed by atoms with Crippen molar-refractivity contribution in [1.82, 2.24) is 15.1 Å². The standard InChI is InChI=1S/C15H32N4O/c1-12(2)17-14(20)9-13(10-16)19(5)11-15(18(3)4)7-6-8-15/h12-13H,6-11,16H2,1-5H3,(H,17,20). The van der Waals surface area contributed by atoms with E-state index in [0.29, 0.717) is 13.0 Å². The molecule has 20 heavy (non-hydrogen) atoms. The molecule has 1 aliphatic rings. The summed E-state index contributed by atoms with van der Waals surface area (Å²) in [6, 6.07) is 0.303. The maximum absolute atomic E-state index is 11.9. The van der Waals surface area contributed by atoms with Gasteiger partial charge in [0.1, 0.15) is 0 Å². The van der Waals surface area contributed by atoms with Crippen molar-refractivity contribution in [2.24, 2.45) is 5.73 Å². The van der Waals surface area contributed by atoms with Gasteiger partial charge in [0.2, 0.25) is 5.91 Å². The number of amides is 1. The van der Waals surface area contributed by atoms with Gasteiger partial charge in [-0.1, -0.05) is 0 Å². The lowest BCUT2D eigenvalue weighted by atomic mass is 9.75. The third kappa shape index (κ3) is 4.43. The Balaban J connectivity index is 2.54. The van der Waals surface area contributed by atoms with Gasteiger partial charge in [-0.05, 0) is 54.3 Å². The van der Waals surface area contributed by atoms with Crippen molar-refractivity contribution in [3.8, 4) is 0 Å². The quantitative estimate of drug-likeness (QED) is 0.687. The van der Waals surface area contributed by atoms with E-state index in [-0.39, 0.29) is 23.5 Å². The first-order valence-electron chi connectivity index (χ1n) is 7.68. The van der Waals surface area contributed by atoms with Crippen LogP contribution in [0.3, 0.4) is 0 Å². The summed E-state index contributed by atoms with van der Waals surface area (Å²) in [4.78, 5) is 16.5. The Morgan fingerprint density at radius 2 is 1.90 bits per heavy atom. The minimum Gasteiger partial charge on any atom is -0.354 e. The van der Waals surface area contributed by atoms with Crippen molar-refractivity contribution in [2.45, 2.75) is 57.2 Å². The highest BCUT2D eigenvalue weighted by Crippen LogP contribution is 2.36. The summed E-state index contributed by atoms with van der Waals surface area (Å²) in [5, 5.41) is 2.94. The summed E-state index contributed by atoms with van der Waals surface area (Å²) in [6.07, 6.45) is 4.25. The van der Waals surface area contributed by atoms with Gasteiger partial charge in [-0.3, -0.25) is 9.69 Å².